The first-order valence-corrected chi connectivity index (χ1v) is 9.23. The summed E-state index contributed by atoms with van der Waals surface area (Å²) in [6.07, 6.45) is 0. The molecule has 0 aliphatic carbocycles. The summed E-state index contributed by atoms with van der Waals surface area (Å²) in [5, 5.41) is 10.5. The molecule has 0 spiro atoms. The number of likely N-dealkylation sites (N-methyl/N-ethyl adjacent to an activating group) is 1. The third-order valence-electron chi connectivity index (χ3n) is 3.61. The van der Waals surface area contributed by atoms with E-state index in [1.54, 1.807) is 48.5 Å². The Morgan fingerprint density at radius 3 is 2.71 bits per heavy atom. The molecule has 3 aromatic rings. The van der Waals surface area contributed by atoms with E-state index in [2.05, 4.69) is 15.5 Å². The SMILES string of the molecule is CCNCCOc1ccc2n[nH]c(S(=O)(=O)c3ccccc3)c2c1. The maximum Gasteiger partial charge on any atom is 0.223 e. The lowest BCUT2D eigenvalue weighted by atomic mass is 10.2. The number of aromatic amines is 1. The second-order valence-corrected chi connectivity index (χ2v) is 7.14. The normalized spacial score (nSPS) is 11.7. The van der Waals surface area contributed by atoms with E-state index in [0.717, 1.165) is 13.1 Å². The van der Waals surface area contributed by atoms with E-state index in [0.29, 0.717) is 23.3 Å². The zero-order valence-corrected chi connectivity index (χ0v) is 14.1. The predicted octanol–water partition coefficient (Wildman–Crippen LogP) is 2.38. The molecule has 0 bridgehead atoms. The van der Waals surface area contributed by atoms with E-state index in [-0.39, 0.29) is 9.92 Å². The molecule has 0 fully saturated rings. The highest BCUT2D eigenvalue weighted by Crippen LogP contribution is 2.28. The molecule has 0 radical (unpaired) electrons. The van der Waals surface area contributed by atoms with Crippen molar-refractivity contribution in [3.05, 3.63) is 48.5 Å². The van der Waals surface area contributed by atoms with Crippen LogP contribution in [0.15, 0.2) is 58.5 Å². The van der Waals surface area contributed by atoms with Crippen LogP contribution in [0, 0.1) is 0 Å². The number of aromatic nitrogens is 2. The summed E-state index contributed by atoms with van der Waals surface area (Å²) in [5.74, 6) is 0.617. The van der Waals surface area contributed by atoms with Gasteiger partial charge in [0.15, 0.2) is 5.03 Å². The van der Waals surface area contributed by atoms with Gasteiger partial charge < -0.3 is 10.1 Å². The Kier molecular flexibility index (Phi) is 4.82. The predicted molar refractivity (Wildman–Crippen MR) is 92.0 cm³/mol. The molecule has 0 aliphatic rings. The quantitative estimate of drug-likeness (QED) is 0.642. The van der Waals surface area contributed by atoms with Gasteiger partial charge in [-0.2, -0.15) is 5.10 Å². The molecule has 2 N–H and O–H groups in total. The van der Waals surface area contributed by atoms with Gasteiger partial charge in [0, 0.05) is 11.9 Å². The summed E-state index contributed by atoms with van der Waals surface area (Å²) in [7, 11) is -3.65. The minimum Gasteiger partial charge on any atom is -0.492 e. The summed E-state index contributed by atoms with van der Waals surface area (Å²) in [6, 6.07) is 13.5. The summed E-state index contributed by atoms with van der Waals surface area (Å²) in [6.45, 7) is 4.15. The van der Waals surface area contributed by atoms with Crippen LogP contribution in [0.2, 0.25) is 0 Å². The molecule has 24 heavy (non-hydrogen) atoms. The van der Waals surface area contributed by atoms with Crippen molar-refractivity contribution in [3.63, 3.8) is 0 Å². The smallest absolute Gasteiger partial charge is 0.223 e. The Hall–Kier alpha value is -2.38. The molecule has 2 aromatic carbocycles. The van der Waals surface area contributed by atoms with Crippen molar-refractivity contribution in [1.29, 1.82) is 0 Å². The van der Waals surface area contributed by atoms with E-state index in [4.69, 9.17) is 4.74 Å². The molecule has 0 saturated carbocycles. The summed E-state index contributed by atoms with van der Waals surface area (Å²) in [5.41, 5.74) is 0.587. The third-order valence-corrected chi connectivity index (χ3v) is 5.35. The molecule has 0 atom stereocenters. The molecular formula is C17H19N3O3S. The van der Waals surface area contributed by atoms with Crippen molar-refractivity contribution in [3.8, 4) is 5.75 Å². The Bertz CT molecular complexity index is 921. The number of benzene rings is 2. The van der Waals surface area contributed by atoms with Crippen molar-refractivity contribution < 1.29 is 13.2 Å². The molecule has 0 amide bonds. The topological polar surface area (TPSA) is 84.1 Å². The maximum atomic E-state index is 12.8. The van der Waals surface area contributed by atoms with Crippen LogP contribution < -0.4 is 10.1 Å². The molecule has 0 aliphatic heterocycles. The highest BCUT2D eigenvalue weighted by atomic mass is 32.2. The second-order valence-electron chi connectivity index (χ2n) is 5.25. The highest BCUT2D eigenvalue weighted by Gasteiger charge is 2.23. The molecule has 0 unspecified atom stereocenters. The molecule has 3 rings (SSSR count). The van der Waals surface area contributed by atoms with Crippen LogP contribution in [0.5, 0.6) is 5.75 Å². The first-order chi connectivity index (χ1) is 11.6. The monoisotopic (exact) mass is 345 g/mol. The molecule has 0 saturated heterocycles. The van der Waals surface area contributed by atoms with E-state index >= 15 is 0 Å². The Balaban J connectivity index is 1.94. The van der Waals surface area contributed by atoms with Gasteiger partial charge in [-0.05, 0) is 36.9 Å². The van der Waals surface area contributed by atoms with E-state index in [1.165, 1.54) is 0 Å². The number of hydrogen-bond acceptors (Lipinski definition) is 5. The average molecular weight is 345 g/mol. The third kappa shape index (κ3) is 3.27. The lowest BCUT2D eigenvalue weighted by molar-refractivity contribution is 0.316. The zero-order valence-electron chi connectivity index (χ0n) is 13.3. The van der Waals surface area contributed by atoms with Crippen LogP contribution in [-0.4, -0.2) is 38.3 Å². The maximum absolute atomic E-state index is 12.8. The highest BCUT2D eigenvalue weighted by molar-refractivity contribution is 7.91. The van der Waals surface area contributed by atoms with Gasteiger partial charge in [-0.1, -0.05) is 25.1 Å². The summed E-state index contributed by atoms with van der Waals surface area (Å²) in [4.78, 5) is 0.231. The molecule has 6 nitrogen and oxygen atoms in total. The van der Waals surface area contributed by atoms with Crippen LogP contribution >= 0.6 is 0 Å². The number of H-pyrrole nitrogens is 1. The standard InChI is InChI=1S/C17H19N3O3S/c1-2-18-10-11-23-13-8-9-16-15(12-13)17(20-19-16)24(21,22)14-6-4-3-5-7-14/h3-9,12,18H,2,10-11H2,1H3,(H,19,20). The van der Waals surface area contributed by atoms with Gasteiger partial charge >= 0.3 is 0 Å². The van der Waals surface area contributed by atoms with Gasteiger partial charge in [0.05, 0.1) is 10.4 Å². The fraction of sp³-hybridized carbons (Fsp3) is 0.235. The van der Waals surface area contributed by atoms with Crippen molar-refractivity contribution in [2.24, 2.45) is 0 Å². The fourth-order valence-corrected chi connectivity index (χ4v) is 3.77. The summed E-state index contributed by atoms with van der Waals surface area (Å²) >= 11 is 0. The minimum atomic E-state index is -3.65. The van der Waals surface area contributed by atoms with Crippen LogP contribution in [0.1, 0.15) is 6.92 Å². The fourth-order valence-electron chi connectivity index (χ4n) is 2.40. The number of nitrogens with zero attached hydrogens (tertiary/aromatic N) is 1. The lowest BCUT2D eigenvalue weighted by Crippen LogP contribution is -2.20. The molecule has 1 heterocycles. The second kappa shape index (κ2) is 7.02. The first kappa shape index (κ1) is 16.5. The van der Waals surface area contributed by atoms with E-state index in [9.17, 15) is 8.42 Å². The number of rotatable bonds is 7. The van der Waals surface area contributed by atoms with Gasteiger partial charge in [-0.15, -0.1) is 0 Å². The van der Waals surface area contributed by atoms with Crippen LogP contribution in [-0.2, 0) is 9.84 Å². The van der Waals surface area contributed by atoms with E-state index < -0.39 is 9.84 Å². The Labute approximate surface area is 140 Å². The van der Waals surface area contributed by atoms with Crippen LogP contribution in [0.4, 0.5) is 0 Å². The van der Waals surface area contributed by atoms with Gasteiger partial charge in [0.25, 0.3) is 0 Å². The molecule has 7 heteroatoms. The zero-order chi connectivity index (χ0) is 17.0. The average Bonchev–Trinajstić information content (AvgIpc) is 3.03. The van der Waals surface area contributed by atoms with E-state index in [1.807, 2.05) is 6.92 Å². The van der Waals surface area contributed by atoms with Gasteiger partial charge in [0.2, 0.25) is 9.84 Å². The molecule has 126 valence electrons. The number of fused-ring (bicyclic) bond motifs is 1. The molecular weight excluding hydrogens is 326 g/mol. The number of hydrogen-bond donors (Lipinski definition) is 2. The molecule has 1 aromatic heterocycles. The largest absolute Gasteiger partial charge is 0.492 e. The van der Waals surface area contributed by atoms with Crippen molar-refractivity contribution in [2.45, 2.75) is 16.8 Å². The number of ether oxygens (including phenoxy) is 1. The van der Waals surface area contributed by atoms with Gasteiger partial charge in [-0.3, -0.25) is 5.10 Å². The van der Waals surface area contributed by atoms with Gasteiger partial charge in [0.1, 0.15) is 12.4 Å². The lowest BCUT2D eigenvalue weighted by Gasteiger charge is -2.07. The minimum absolute atomic E-state index is 0.0841. The summed E-state index contributed by atoms with van der Waals surface area (Å²) < 4.78 is 31.3. The van der Waals surface area contributed by atoms with Gasteiger partial charge in [-0.25, -0.2) is 8.42 Å². The van der Waals surface area contributed by atoms with Crippen molar-refractivity contribution in [1.82, 2.24) is 15.5 Å². The van der Waals surface area contributed by atoms with Crippen LogP contribution in [0.3, 0.4) is 0 Å². The number of nitrogens with one attached hydrogen (secondary N) is 2. The Morgan fingerprint density at radius 2 is 1.96 bits per heavy atom. The first-order valence-electron chi connectivity index (χ1n) is 7.74. The van der Waals surface area contributed by atoms with Crippen LogP contribution in [0.25, 0.3) is 10.9 Å². The number of sulfone groups is 1. The Morgan fingerprint density at radius 1 is 1.17 bits per heavy atom. The van der Waals surface area contributed by atoms with Crippen molar-refractivity contribution in [2.75, 3.05) is 19.7 Å². The van der Waals surface area contributed by atoms with Crippen molar-refractivity contribution >= 4 is 20.7 Å².